The Morgan fingerprint density at radius 2 is 2.00 bits per heavy atom. The number of benzene rings is 2. The van der Waals surface area contributed by atoms with Gasteiger partial charge in [-0.2, -0.15) is 5.26 Å². The summed E-state index contributed by atoms with van der Waals surface area (Å²) in [5.74, 6) is 0.660. The molecule has 6 nitrogen and oxygen atoms in total. The molecular weight excluding hydrogens is 372 g/mol. The maximum atomic E-state index is 13.2. The molecule has 28 heavy (non-hydrogen) atoms. The summed E-state index contributed by atoms with van der Waals surface area (Å²) in [6, 6.07) is 14.5. The third-order valence-electron chi connectivity index (χ3n) is 4.38. The lowest BCUT2D eigenvalue weighted by molar-refractivity contribution is -0.858. The van der Waals surface area contributed by atoms with Crippen LogP contribution in [0.4, 0.5) is 5.13 Å². The highest BCUT2D eigenvalue weighted by atomic mass is 32.1. The molecule has 0 radical (unpaired) electrons. The van der Waals surface area contributed by atoms with Crippen LogP contribution in [0.2, 0.25) is 0 Å². The molecule has 2 aromatic carbocycles. The third kappa shape index (κ3) is 4.47. The second-order valence-electron chi connectivity index (χ2n) is 6.79. The Labute approximate surface area is 168 Å². The summed E-state index contributed by atoms with van der Waals surface area (Å²) in [6.45, 7) is 1.54. The van der Waals surface area contributed by atoms with E-state index in [1.807, 2.05) is 18.2 Å². The molecular formula is C21H23N4O2S+. The van der Waals surface area contributed by atoms with Crippen molar-refractivity contribution in [1.82, 2.24) is 4.98 Å². The van der Waals surface area contributed by atoms with Crippen LogP contribution in [-0.4, -0.2) is 45.2 Å². The summed E-state index contributed by atoms with van der Waals surface area (Å²) in [7, 11) is 5.82. The molecule has 0 fully saturated rings. The van der Waals surface area contributed by atoms with Gasteiger partial charge in [0.1, 0.15) is 5.75 Å². The number of carbonyl (C=O) groups is 1. The van der Waals surface area contributed by atoms with Gasteiger partial charge in [0, 0.05) is 18.5 Å². The Morgan fingerprint density at radius 3 is 2.64 bits per heavy atom. The smallest absolute Gasteiger partial charge is 0.260 e. The number of ether oxygens (including phenoxy) is 1. The van der Waals surface area contributed by atoms with Crippen LogP contribution in [0.15, 0.2) is 42.5 Å². The first kappa shape index (κ1) is 19.8. The topological polar surface area (TPSA) is 70.7 Å². The van der Waals surface area contributed by atoms with Gasteiger partial charge < -0.3 is 9.64 Å². The van der Waals surface area contributed by atoms with E-state index in [2.05, 4.69) is 25.1 Å². The summed E-state index contributed by atoms with van der Waals surface area (Å²) in [5, 5.41) is 9.65. The zero-order valence-electron chi connectivity index (χ0n) is 16.2. The highest BCUT2D eigenvalue weighted by Gasteiger charge is 2.21. The fraction of sp³-hybridized carbons (Fsp3) is 0.286. The van der Waals surface area contributed by atoms with Crippen LogP contribution in [0.1, 0.15) is 22.3 Å². The average Bonchev–Trinajstić information content (AvgIpc) is 3.13. The summed E-state index contributed by atoms with van der Waals surface area (Å²) in [4.78, 5) is 20.9. The highest BCUT2D eigenvalue weighted by Crippen LogP contribution is 2.32. The van der Waals surface area contributed by atoms with Gasteiger partial charge >= 0.3 is 0 Å². The molecule has 0 atom stereocenters. The quantitative estimate of drug-likeness (QED) is 0.667. The number of methoxy groups -OCH3 is 1. The molecule has 1 N–H and O–H groups in total. The molecule has 3 aromatic rings. The van der Waals surface area contributed by atoms with Crippen molar-refractivity contribution in [3.05, 3.63) is 53.6 Å². The van der Waals surface area contributed by atoms with Crippen molar-refractivity contribution in [3.8, 4) is 11.8 Å². The predicted molar refractivity (Wildman–Crippen MR) is 111 cm³/mol. The Hall–Kier alpha value is -2.95. The van der Waals surface area contributed by atoms with Crippen molar-refractivity contribution >= 4 is 32.6 Å². The molecule has 144 valence electrons. The summed E-state index contributed by atoms with van der Waals surface area (Å²) < 4.78 is 6.27. The zero-order valence-corrected chi connectivity index (χ0v) is 17.0. The maximum absolute atomic E-state index is 13.2. The number of nitriles is 1. The number of hydrogen-bond donors (Lipinski definition) is 1. The fourth-order valence-electron chi connectivity index (χ4n) is 2.85. The number of aromatic nitrogens is 1. The van der Waals surface area contributed by atoms with Gasteiger partial charge in [0.2, 0.25) is 0 Å². The Balaban J connectivity index is 1.93. The number of amides is 1. The second kappa shape index (κ2) is 8.83. The standard InChI is InChI=1S/C21H22N4O2S/c1-24(2)11-4-12-25(20(26)16-7-5-15(14-22)6-8-16)21-23-18-10-9-17(27-3)13-19(18)28-21/h5-10,13H,4,11-12H2,1-3H3/p+1. The lowest BCUT2D eigenvalue weighted by atomic mass is 10.1. The summed E-state index contributed by atoms with van der Waals surface area (Å²) >= 11 is 1.48. The predicted octanol–water partition coefficient (Wildman–Crippen LogP) is 2.36. The molecule has 1 amide bonds. The maximum Gasteiger partial charge on any atom is 0.260 e. The molecule has 3 rings (SSSR count). The first-order chi connectivity index (χ1) is 13.5. The van der Waals surface area contributed by atoms with Crippen molar-refractivity contribution in [2.75, 3.05) is 39.2 Å². The van der Waals surface area contributed by atoms with Crippen LogP contribution in [0.25, 0.3) is 10.2 Å². The van der Waals surface area contributed by atoms with Gasteiger partial charge in [-0.05, 0) is 42.5 Å². The second-order valence-corrected chi connectivity index (χ2v) is 7.80. The van der Waals surface area contributed by atoms with Crippen LogP contribution in [0, 0.1) is 11.3 Å². The molecule has 1 heterocycles. The Bertz CT molecular complexity index is 1010. The van der Waals surface area contributed by atoms with Crippen LogP contribution in [-0.2, 0) is 0 Å². The molecule has 0 saturated heterocycles. The zero-order chi connectivity index (χ0) is 20.1. The Kier molecular flexibility index (Phi) is 6.24. The van der Waals surface area contributed by atoms with Gasteiger partial charge in [0.15, 0.2) is 5.13 Å². The van der Waals surface area contributed by atoms with Crippen molar-refractivity contribution in [2.24, 2.45) is 0 Å². The largest absolute Gasteiger partial charge is 0.497 e. The molecule has 0 bridgehead atoms. The first-order valence-electron chi connectivity index (χ1n) is 9.07. The number of quaternary nitrogens is 1. The minimum absolute atomic E-state index is 0.107. The minimum atomic E-state index is -0.107. The van der Waals surface area contributed by atoms with Gasteiger partial charge in [-0.25, -0.2) is 4.98 Å². The van der Waals surface area contributed by atoms with Crippen molar-refractivity contribution < 1.29 is 14.4 Å². The first-order valence-corrected chi connectivity index (χ1v) is 9.89. The number of fused-ring (bicyclic) bond motifs is 1. The van der Waals surface area contributed by atoms with Crippen LogP contribution >= 0.6 is 11.3 Å². The number of nitrogens with one attached hydrogen (secondary N) is 1. The van der Waals surface area contributed by atoms with Gasteiger partial charge in [-0.15, -0.1) is 0 Å². The number of nitrogens with zero attached hydrogens (tertiary/aromatic N) is 3. The fourth-order valence-corrected chi connectivity index (χ4v) is 3.87. The number of rotatable bonds is 7. The molecule has 0 aliphatic heterocycles. The molecule has 7 heteroatoms. The number of carbonyl (C=O) groups excluding carboxylic acids is 1. The van der Waals surface area contributed by atoms with Crippen LogP contribution < -0.4 is 14.5 Å². The van der Waals surface area contributed by atoms with Crippen molar-refractivity contribution in [3.63, 3.8) is 0 Å². The Morgan fingerprint density at radius 1 is 1.25 bits per heavy atom. The number of hydrogen-bond acceptors (Lipinski definition) is 5. The van der Waals surface area contributed by atoms with E-state index in [1.54, 1.807) is 36.3 Å². The van der Waals surface area contributed by atoms with Gasteiger partial charge in [0.25, 0.3) is 5.91 Å². The van der Waals surface area contributed by atoms with Gasteiger partial charge in [-0.3, -0.25) is 9.69 Å². The van der Waals surface area contributed by atoms with E-state index >= 15 is 0 Å². The monoisotopic (exact) mass is 395 g/mol. The normalized spacial score (nSPS) is 10.8. The van der Waals surface area contributed by atoms with E-state index in [9.17, 15) is 4.79 Å². The number of anilines is 1. The third-order valence-corrected chi connectivity index (χ3v) is 5.42. The van der Waals surface area contributed by atoms with E-state index in [0.717, 1.165) is 28.9 Å². The van der Waals surface area contributed by atoms with Gasteiger partial charge in [-0.1, -0.05) is 11.3 Å². The number of thiazole rings is 1. The minimum Gasteiger partial charge on any atom is -0.497 e. The van der Waals surface area contributed by atoms with Crippen LogP contribution in [0.3, 0.4) is 0 Å². The molecule has 1 aromatic heterocycles. The van der Waals surface area contributed by atoms with Crippen molar-refractivity contribution in [1.29, 1.82) is 5.26 Å². The van der Waals surface area contributed by atoms with Crippen LogP contribution in [0.5, 0.6) is 5.75 Å². The van der Waals surface area contributed by atoms with Crippen molar-refractivity contribution in [2.45, 2.75) is 6.42 Å². The average molecular weight is 396 g/mol. The molecule has 0 unspecified atom stereocenters. The van der Waals surface area contributed by atoms with E-state index < -0.39 is 0 Å². The molecule has 0 saturated carbocycles. The van der Waals surface area contributed by atoms with E-state index in [1.165, 1.54) is 16.2 Å². The van der Waals surface area contributed by atoms with E-state index in [0.29, 0.717) is 22.8 Å². The van der Waals surface area contributed by atoms with Gasteiger partial charge in [0.05, 0.1) is 49.6 Å². The lowest BCUT2D eigenvalue weighted by Gasteiger charge is -2.20. The SMILES string of the molecule is COc1ccc2nc(N(CCC[NH+](C)C)C(=O)c3ccc(C#N)cc3)sc2c1. The summed E-state index contributed by atoms with van der Waals surface area (Å²) in [5.41, 5.74) is 1.93. The van der Waals surface area contributed by atoms with E-state index in [4.69, 9.17) is 10.00 Å². The lowest BCUT2D eigenvalue weighted by Crippen LogP contribution is -3.05. The molecule has 0 aliphatic rings. The molecule has 0 aliphatic carbocycles. The summed E-state index contributed by atoms with van der Waals surface area (Å²) in [6.07, 6.45) is 0.865. The molecule has 0 spiro atoms. The van der Waals surface area contributed by atoms with E-state index in [-0.39, 0.29) is 5.91 Å². The highest BCUT2D eigenvalue weighted by molar-refractivity contribution is 7.22.